The zero-order chi connectivity index (χ0) is 19.1. The van der Waals surface area contributed by atoms with Crippen LogP contribution in [0.2, 0.25) is 0 Å². The number of fused-ring (bicyclic) bond motifs is 2. The van der Waals surface area contributed by atoms with Crippen molar-refractivity contribution in [2.24, 2.45) is 0 Å². The summed E-state index contributed by atoms with van der Waals surface area (Å²) in [6, 6.07) is 3.95. The Morgan fingerprint density at radius 1 is 1.23 bits per heavy atom. The molecule has 0 spiro atoms. The number of likely N-dealkylation sites (N-methyl/N-ethyl adjacent to an activating group) is 1. The Kier molecular flexibility index (Phi) is 5.21. The number of hydrogen-bond acceptors (Lipinski definition) is 4. The lowest BCUT2D eigenvalue weighted by molar-refractivity contribution is 0.148. The molecule has 9 heteroatoms. The van der Waals surface area contributed by atoms with E-state index in [-0.39, 0.29) is 11.7 Å². The molecule has 1 N–H and O–H groups in total. The fourth-order valence-electron chi connectivity index (χ4n) is 3.83. The van der Waals surface area contributed by atoms with Crippen LogP contribution < -0.4 is 5.32 Å². The predicted molar refractivity (Wildman–Crippen MR) is 94.3 cm³/mol. The van der Waals surface area contributed by atoms with Crippen LogP contribution in [0.1, 0.15) is 31.3 Å². The number of nitrogens with one attached hydrogen (secondary N) is 1. The number of likely N-dealkylation sites (tertiary alicyclic amines) is 1. The number of hydrogen-bond donors (Lipinski definition) is 1. The van der Waals surface area contributed by atoms with Gasteiger partial charge in [0, 0.05) is 42.7 Å². The zero-order valence-electron chi connectivity index (χ0n) is 14.8. The number of rotatable bonds is 3. The summed E-state index contributed by atoms with van der Waals surface area (Å²) >= 11 is 0. The average Bonchev–Trinajstić information content (AvgIpc) is 2.78. The molecule has 2 atom stereocenters. The molecule has 0 saturated carbocycles. The van der Waals surface area contributed by atoms with Crippen LogP contribution in [-0.2, 0) is 9.84 Å². The third kappa shape index (κ3) is 3.83. The smallest absolute Gasteiger partial charge is 0.321 e. The summed E-state index contributed by atoms with van der Waals surface area (Å²) in [5, 5.41) is 2.63. The van der Waals surface area contributed by atoms with Gasteiger partial charge < -0.3 is 10.2 Å². The van der Waals surface area contributed by atoms with Crippen molar-refractivity contribution in [1.29, 1.82) is 0 Å². The summed E-state index contributed by atoms with van der Waals surface area (Å²) in [5.74, 6) is 0. The molecule has 1 aromatic rings. The first-order valence-electron chi connectivity index (χ1n) is 8.57. The van der Waals surface area contributed by atoms with E-state index in [4.69, 9.17) is 0 Å². The van der Waals surface area contributed by atoms with Crippen molar-refractivity contribution in [2.75, 3.05) is 31.7 Å². The van der Waals surface area contributed by atoms with Crippen LogP contribution in [-0.4, -0.2) is 62.7 Å². The normalized spacial score (nSPS) is 24.0. The van der Waals surface area contributed by atoms with E-state index >= 15 is 0 Å². The van der Waals surface area contributed by atoms with E-state index in [1.165, 1.54) is 6.07 Å². The third-order valence-electron chi connectivity index (χ3n) is 5.33. The molecule has 0 aliphatic carbocycles. The molecule has 6 nitrogen and oxygen atoms in total. The second kappa shape index (κ2) is 7.11. The number of carbonyl (C=O) groups is 1. The van der Waals surface area contributed by atoms with Crippen molar-refractivity contribution in [1.82, 2.24) is 9.80 Å². The SMILES string of the molecule is CN1[C@H]2CC[C@H]1CN(C(=O)Nc1ccc(S(C)(=O)=O)c(C(F)F)c1)CC2. The third-order valence-corrected chi connectivity index (χ3v) is 6.50. The minimum absolute atomic E-state index is 0.167. The van der Waals surface area contributed by atoms with Gasteiger partial charge >= 0.3 is 6.03 Å². The van der Waals surface area contributed by atoms with E-state index in [0.717, 1.165) is 37.7 Å². The van der Waals surface area contributed by atoms with Crippen LogP contribution in [0, 0.1) is 0 Å². The van der Waals surface area contributed by atoms with Crippen molar-refractivity contribution in [3.8, 4) is 0 Å². The maximum Gasteiger partial charge on any atom is 0.321 e. The van der Waals surface area contributed by atoms with Crippen molar-refractivity contribution in [3.05, 3.63) is 23.8 Å². The van der Waals surface area contributed by atoms with Crippen molar-refractivity contribution in [3.63, 3.8) is 0 Å². The zero-order valence-corrected chi connectivity index (χ0v) is 15.6. The van der Waals surface area contributed by atoms with Gasteiger partial charge in [0.1, 0.15) is 0 Å². The predicted octanol–water partition coefficient (Wildman–Crippen LogP) is 2.73. The molecule has 2 bridgehead atoms. The Labute approximate surface area is 152 Å². The van der Waals surface area contributed by atoms with Gasteiger partial charge in [-0.2, -0.15) is 0 Å². The fourth-order valence-corrected chi connectivity index (χ4v) is 4.72. The second-order valence-corrected chi connectivity index (χ2v) is 9.02. The highest BCUT2D eigenvalue weighted by Crippen LogP contribution is 2.31. The van der Waals surface area contributed by atoms with Crippen molar-refractivity contribution in [2.45, 2.75) is 42.7 Å². The first kappa shape index (κ1) is 19.0. The van der Waals surface area contributed by atoms with Crippen LogP contribution in [0.5, 0.6) is 0 Å². The average molecular weight is 387 g/mol. The lowest BCUT2D eigenvalue weighted by atomic mass is 10.1. The molecular weight excluding hydrogens is 364 g/mol. The molecule has 2 saturated heterocycles. The minimum atomic E-state index is -3.77. The van der Waals surface area contributed by atoms with Crippen LogP contribution in [0.4, 0.5) is 19.3 Å². The lowest BCUT2D eigenvalue weighted by Crippen LogP contribution is -2.41. The summed E-state index contributed by atoms with van der Waals surface area (Å²) in [6.45, 7) is 1.21. The number of urea groups is 1. The maximum absolute atomic E-state index is 13.2. The molecule has 1 aromatic carbocycles. The van der Waals surface area contributed by atoms with E-state index in [1.54, 1.807) is 4.90 Å². The number of nitrogens with zero attached hydrogens (tertiary/aromatic N) is 2. The van der Waals surface area contributed by atoms with E-state index in [9.17, 15) is 22.0 Å². The highest BCUT2D eigenvalue weighted by molar-refractivity contribution is 7.90. The number of alkyl halides is 2. The monoisotopic (exact) mass is 387 g/mol. The van der Waals surface area contributed by atoms with Gasteiger partial charge in [-0.3, -0.25) is 4.90 Å². The minimum Gasteiger partial charge on any atom is -0.323 e. The highest BCUT2D eigenvalue weighted by Gasteiger charge is 2.36. The summed E-state index contributed by atoms with van der Waals surface area (Å²) in [5.41, 5.74) is -0.430. The summed E-state index contributed by atoms with van der Waals surface area (Å²) in [4.78, 5) is 16.1. The molecule has 0 unspecified atom stereocenters. The molecule has 2 fully saturated rings. The van der Waals surface area contributed by atoms with E-state index in [0.29, 0.717) is 25.2 Å². The Bertz CT molecular complexity index is 800. The number of sulfone groups is 1. The van der Waals surface area contributed by atoms with Crippen molar-refractivity contribution >= 4 is 21.6 Å². The van der Waals surface area contributed by atoms with Gasteiger partial charge in [-0.25, -0.2) is 22.0 Å². The molecular formula is C17H23F2N3O3S. The molecule has 2 heterocycles. The molecule has 26 heavy (non-hydrogen) atoms. The number of benzene rings is 1. The van der Waals surface area contributed by atoms with Crippen LogP contribution in [0.15, 0.2) is 23.1 Å². The Morgan fingerprint density at radius 2 is 1.92 bits per heavy atom. The van der Waals surface area contributed by atoms with Gasteiger partial charge in [0.2, 0.25) is 0 Å². The Morgan fingerprint density at radius 3 is 2.58 bits per heavy atom. The molecule has 2 amide bonds. The van der Waals surface area contributed by atoms with Crippen molar-refractivity contribution < 1.29 is 22.0 Å². The van der Waals surface area contributed by atoms with Crippen LogP contribution in [0.3, 0.4) is 0 Å². The lowest BCUT2D eigenvalue weighted by Gasteiger charge is -2.26. The van der Waals surface area contributed by atoms with Gasteiger partial charge in [0.15, 0.2) is 9.84 Å². The first-order chi connectivity index (χ1) is 12.2. The van der Waals surface area contributed by atoms with E-state index < -0.39 is 26.7 Å². The Balaban J connectivity index is 1.76. The summed E-state index contributed by atoms with van der Waals surface area (Å²) in [6.07, 6.45) is 1.01. The standard InChI is InChI=1S/C17H23F2N3O3S/c1-21-12-4-5-13(21)10-22(8-7-12)17(23)20-11-3-6-15(26(2,24)25)14(9-11)16(18)19/h3,6,9,12-13,16H,4-5,7-8,10H2,1-2H3,(H,20,23)/t12-,13-/m0/s1. The van der Waals surface area contributed by atoms with Gasteiger partial charge in [-0.05, 0) is 44.5 Å². The Hall–Kier alpha value is -1.74. The fraction of sp³-hybridized carbons (Fsp3) is 0.588. The van der Waals surface area contributed by atoms with Gasteiger partial charge in [0.05, 0.1) is 4.90 Å². The van der Waals surface area contributed by atoms with E-state index in [2.05, 4.69) is 17.3 Å². The van der Waals surface area contributed by atoms with Crippen LogP contribution >= 0.6 is 0 Å². The molecule has 2 aliphatic rings. The first-order valence-corrected chi connectivity index (χ1v) is 10.5. The number of anilines is 1. The molecule has 3 rings (SSSR count). The summed E-state index contributed by atoms with van der Waals surface area (Å²) < 4.78 is 49.8. The molecule has 2 aliphatic heterocycles. The van der Waals surface area contributed by atoms with Gasteiger partial charge in [-0.1, -0.05) is 0 Å². The number of amides is 2. The van der Waals surface area contributed by atoms with Crippen LogP contribution in [0.25, 0.3) is 0 Å². The van der Waals surface area contributed by atoms with E-state index in [1.807, 2.05) is 0 Å². The maximum atomic E-state index is 13.2. The quantitative estimate of drug-likeness (QED) is 0.866. The van der Waals surface area contributed by atoms with Gasteiger partial charge in [-0.15, -0.1) is 0 Å². The molecule has 144 valence electrons. The topological polar surface area (TPSA) is 69.7 Å². The summed E-state index contributed by atoms with van der Waals surface area (Å²) in [7, 11) is -1.70. The largest absolute Gasteiger partial charge is 0.323 e. The highest BCUT2D eigenvalue weighted by atomic mass is 32.2. The number of halogens is 2. The number of carbonyl (C=O) groups excluding carboxylic acids is 1. The molecule has 0 aromatic heterocycles. The molecule has 0 radical (unpaired) electrons. The second-order valence-electron chi connectivity index (χ2n) is 7.04. The van der Waals surface area contributed by atoms with Gasteiger partial charge in [0.25, 0.3) is 6.43 Å².